The summed E-state index contributed by atoms with van der Waals surface area (Å²) < 4.78 is 6.41. The molecular weight excluding hydrogens is 358 g/mol. The molecule has 0 bridgehead atoms. The maximum Gasteiger partial charge on any atom is 0.322 e. The number of hydrogen-bond acceptors (Lipinski definition) is 4. The second-order valence-corrected chi connectivity index (χ2v) is 5.55. The van der Waals surface area contributed by atoms with Crippen molar-refractivity contribution in [3.05, 3.63) is 77.0 Å². The molecule has 0 aliphatic heterocycles. The summed E-state index contributed by atoms with van der Waals surface area (Å²) in [4.78, 5) is 20.2. The molecule has 0 saturated carbocycles. The van der Waals surface area contributed by atoms with Gasteiger partial charge in [0.15, 0.2) is 0 Å². The van der Waals surface area contributed by atoms with E-state index in [0.29, 0.717) is 17.0 Å². The lowest BCUT2D eigenvalue weighted by Crippen LogP contribution is -2.12. The zero-order valence-corrected chi connectivity index (χ0v) is 13.5. The third kappa shape index (κ3) is 4.14. The molecule has 23 heavy (non-hydrogen) atoms. The first-order valence-electron chi connectivity index (χ1n) is 6.82. The number of carbonyl (C=O) groups excluding carboxylic acids is 1. The average molecular weight is 370 g/mol. The first-order chi connectivity index (χ1) is 11.2. The summed E-state index contributed by atoms with van der Waals surface area (Å²) in [5.41, 5.74) is 1.05. The van der Waals surface area contributed by atoms with Crippen molar-refractivity contribution >= 4 is 27.5 Å². The zero-order chi connectivity index (χ0) is 16.1. The predicted molar refractivity (Wildman–Crippen MR) is 90.6 cm³/mol. The molecular formula is C17H12BrN3O2. The lowest BCUT2D eigenvalue weighted by Gasteiger charge is -2.06. The van der Waals surface area contributed by atoms with E-state index in [9.17, 15) is 4.79 Å². The molecule has 3 aromatic rings. The van der Waals surface area contributed by atoms with Crippen LogP contribution in [0.4, 0.5) is 5.69 Å². The summed E-state index contributed by atoms with van der Waals surface area (Å²) in [6.45, 7) is 0. The fourth-order valence-corrected chi connectivity index (χ4v) is 2.10. The minimum absolute atomic E-state index is 0.220. The van der Waals surface area contributed by atoms with Gasteiger partial charge in [0.1, 0.15) is 5.75 Å². The molecule has 6 heteroatoms. The number of ether oxygens (including phenoxy) is 1. The van der Waals surface area contributed by atoms with Gasteiger partial charge in [-0.3, -0.25) is 4.79 Å². The number of hydrogen-bond donors (Lipinski definition) is 1. The molecule has 0 saturated heterocycles. The Labute approximate surface area is 141 Å². The van der Waals surface area contributed by atoms with E-state index in [1.807, 2.05) is 42.5 Å². The van der Waals surface area contributed by atoms with Crippen molar-refractivity contribution in [1.82, 2.24) is 9.97 Å². The summed E-state index contributed by atoms with van der Waals surface area (Å²) >= 11 is 3.33. The van der Waals surface area contributed by atoms with E-state index in [4.69, 9.17) is 4.74 Å². The van der Waals surface area contributed by atoms with Crippen molar-refractivity contribution < 1.29 is 9.53 Å². The standard InChI is InChI=1S/C17H12BrN3O2/c18-13-8-6-12(7-9-13)16(22)21-14-10-19-17(20-11-14)23-15-4-2-1-3-5-15/h1-11H,(H,21,22). The smallest absolute Gasteiger partial charge is 0.322 e. The van der Waals surface area contributed by atoms with Crippen molar-refractivity contribution in [3.63, 3.8) is 0 Å². The molecule has 0 radical (unpaired) electrons. The highest BCUT2D eigenvalue weighted by Gasteiger charge is 2.07. The average Bonchev–Trinajstić information content (AvgIpc) is 2.58. The topological polar surface area (TPSA) is 64.1 Å². The highest BCUT2D eigenvalue weighted by Crippen LogP contribution is 2.17. The van der Waals surface area contributed by atoms with E-state index in [1.54, 1.807) is 12.1 Å². The van der Waals surface area contributed by atoms with Gasteiger partial charge in [-0.25, -0.2) is 9.97 Å². The Hall–Kier alpha value is -2.73. The van der Waals surface area contributed by atoms with Crippen molar-refractivity contribution in [1.29, 1.82) is 0 Å². The van der Waals surface area contributed by atoms with Gasteiger partial charge < -0.3 is 10.1 Å². The van der Waals surface area contributed by atoms with Crippen LogP contribution in [0.2, 0.25) is 0 Å². The van der Waals surface area contributed by atoms with Crippen LogP contribution in [0.1, 0.15) is 10.4 Å². The van der Waals surface area contributed by atoms with Crippen LogP contribution in [0.15, 0.2) is 71.5 Å². The van der Waals surface area contributed by atoms with Gasteiger partial charge in [0.2, 0.25) is 0 Å². The molecule has 1 heterocycles. The van der Waals surface area contributed by atoms with Gasteiger partial charge in [0, 0.05) is 10.0 Å². The molecule has 2 aromatic carbocycles. The van der Waals surface area contributed by atoms with Crippen LogP contribution in [0.3, 0.4) is 0 Å². The van der Waals surface area contributed by atoms with Gasteiger partial charge in [-0.05, 0) is 36.4 Å². The number of halogens is 1. The van der Waals surface area contributed by atoms with Crippen LogP contribution in [0.25, 0.3) is 0 Å². The number of amides is 1. The molecule has 1 N–H and O–H groups in total. The Balaban J connectivity index is 1.65. The minimum atomic E-state index is -0.224. The van der Waals surface area contributed by atoms with Crippen LogP contribution in [-0.4, -0.2) is 15.9 Å². The van der Waals surface area contributed by atoms with Gasteiger partial charge >= 0.3 is 6.01 Å². The molecule has 0 spiro atoms. The summed E-state index contributed by atoms with van der Waals surface area (Å²) in [5.74, 6) is 0.428. The number of anilines is 1. The van der Waals surface area contributed by atoms with E-state index < -0.39 is 0 Å². The van der Waals surface area contributed by atoms with Crippen molar-refractivity contribution in [2.75, 3.05) is 5.32 Å². The van der Waals surface area contributed by atoms with Crippen LogP contribution >= 0.6 is 15.9 Å². The Kier molecular flexibility index (Phi) is 4.63. The number of para-hydroxylation sites is 1. The number of benzene rings is 2. The van der Waals surface area contributed by atoms with Crippen molar-refractivity contribution in [2.24, 2.45) is 0 Å². The van der Waals surface area contributed by atoms with E-state index in [1.165, 1.54) is 12.4 Å². The molecule has 0 aliphatic rings. The molecule has 5 nitrogen and oxygen atoms in total. The van der Waals surface area contributed by atoms with Gasteiger partial charge in [-0.2, -0.15) is 0 Å². The van der Waals surface area contributed by atoms with Gasteiger partial charge in [0.25, 0.3) is 5.91 Å². The zero-order valence-electron chi connectivity index (χ0n) is 11.9. The second kappa shape index (κ2) is 7.02. The Morgan fingerprint density at radius 3 is 2.26 bits per heavy atom. The molecule has 0 atom stereocenters. The lowest BCUT2D eigenvalue weighted by molar-refractivity contribution is 0.102. The number of nitrogens with zero attached hydrogens (tertiary/aromatic N) is 2. The molecule has 0 fully saturated rings. The van der Waals surface area contributed by atoms with Gasteiger partial charge in [-0.15, -0.1) is 0 Å². The number of carbonyl (C=O) groups is 1. The predicted octanol–water partition coefficient (Wildman–Crippen LogP) is 4.28. The van der Waals surface area contributed by atoms with E-state index in [-0.39, 0.29) is 11.9 Å². The minimum Gasteiger partial charge on any atom is -0.424 e. The van der Waals surface area contributed by atoms with E-state index in [2.05, 4.69) is 31.2 Å². The molecule has 0 unspecified atom stereocenters. The lowest BCUT2D eigenvalue weighted by atomic mass is 10.2. The molecule has 0 aliphatic carbocycles. The van der Waals surface area contributed by atoms with E-state index >= 15 is 0 Å². The molecule has 1 amide bonds. The molecule has 1 aromatic heterocycles. The third-order valence-corrected chi connectivity index (χ3v) is 3.47. The first kappa shape index (κ1) is 15.2. The van der Waals surface area contributed by atoms with Gasteiger partial charge in [0.05, 0.1) is 18.1 Å². The fourth-order valence-electron chi connectivity index (χ4n) is 1.83. The second-order valence-electron chi connectivity index (χ2n) is 4.63. The molecule has 3 rings (SSSR count). The van der Waals surface area contributed by atoms with Crippen LogP contribution in [0.5, 0.6) is 11.8 Å². The van der Waals surface area contributed by atoms with Crippen LogP contribution < -0.4 is 10.1 Å². The van der Waals surface area contributed by atoms with E-state index in [0.717, 1.165) is 4.47 Å². The Morgan fingerprint density at radius 1 is 0.957 bits per heavy atom. The van der Waals surface area contributed by atoms with Crippen LogP contribution in [-0.2, 0) is 0 Å². The highest BCUT2D eigenvalue weighted by atomic mass is 79.9. The normalized spacial score (nSPS) is 10.1. The first-order valence-corrected chi connectivity index (χ1v) is 7.62. The number of aromatic nitrogens is 2. The third-order valence-electron chi connectivity index (χ3n) is 2.94. The maximum atomic E-state index is 12.1. The van der Waals surface area contributed by atoms with Crippen molar-refractivity contribution in [3.8, 4) is 11.8 Å². The number of nitrogens with one attached hydrogen (secondary N) is 1. The SMILES string of the molecule is O=C(Nc1cnc(Oc2ccccc2)nc1)c1ccc(Br)cc1. The van der Waals surface area contributed by atoms with Crippen molar-refractivity contribution in [2.45, 2.75) is 0 Å². The summed E-state index contributed by atoms with van der Waals surface area (Å²) in [5, 5.41) is 2.73. The largest absolute Gasteiger partial charge is 0.424 e. The summed E-state index contributed by atoms with van der Waals surface area (Å²) in [7, 11) is 0. The number of rotatable bonds is 4. The maximum absolute atomic E-state index is 12.1. The Morgan fingerprint density at radius 2 is 1.61 bits per heavy atom. The Bertz CT molecular complexity index is 790. The van der Waals surface area contributed by atoms with Gasteiger partial charge in [-0.1, -0.05) is 34.1 Å². The quantitative estimate of drug-likeness (QED) is 0.745. The fraction of sp³-hybridized carbons (Fsp3) is 0. The summed E-state index contributed by atoms with van der Waals surface area (Å²) in [6.07, 6.45) is 3.00. The van der Waals surface area contributed by atoms with Crippen LogP contribution in [0, 0.1) is 0 Å². The monoisotopic (exact) mass is 369 g/mol. The molecule has 114 valence electrons. The summed E-state index contributed by atoms with van der Waals surface area (Å²) in [6, 6.07) is 16.5. The highest BCUT2D eigenvalue weighted by molar-refractivity contribution is 9.10.